The van der Waals surface area contributed by atoms with Gasteiger partial charge in [-0.2, -0.15) is 0 Å². The topological polar surface area (TPSA) is 129 Å². The predicted octanol–water partition coefficient (Wildman–Crippen LogP) is 1.13. The number of hydrogen-bond acceptors (Lipinski definition) is 8. The van der Waals surface area contributed by atoms with E-state index in [1.807, 2.05) is 37.3 Å². The van der Waals surface area contributed by atoms with Crippen molar-refractivity contribution < 1.29 is 39.7 Å². The van der Waals surface area contributed by atoms with Gasteiger partial charge < -0.3 is 39.7 Å². The maximum atomic E-state index is 10.4. The lowest BCUT2D eigenvalue weighted by molar-refractivity contribution is -0.286. The Balaban J connectivity index is 1.81. The van der Waals surface area contributed by atoms with E-state index in [-0.39, 0.29) is 6.61 Å². The average molecular weight is 449 g/mol. The molecule has 0 spiro atoms. The number of benzene rings is 2. The summed E-state index contributed by atoms with van der Waals surface area (Å²) < 4.78 is 17.1. The third-order valence-electron chi connectivity index (χ3n) is 5.43. The van der Waals surface area contributed by atoms with Crippen molar-refractivity contribution in [1.29, 1.82) is 0 Å². The molecule has 1 aliphatic heterocycles. The van der Waals surface area contributed by atoms with Crippen LogP contribution in [0.1, 0.15) is 37.0 Å². The number of rotatable bonds is 9. The van der Waals surface area contributed by atoms with Gasteiger partial charge >= 0.3 is 0 Å². The summed E-state index contributed by atoms with van der Waals surface area (Å²) in [5, 5.41) is 50.0. The summed E-state index contributed by atoms with van der Waals surface area (Å²) >= 11 is 0. The minimum atomic E-state index is -1.55. The molecule has 6 atom stereocenters. The normalized spacial score (nSPS) is 26.5. The van der Waals surface area contributed by atoms with Gasteiger partial charge in [0.2, 0.25) is 6.29 Å². The summed E-state index contributed by atoms with van der Waals surface area (Å²) in [6, 6.07) is 12.9. The van der Waals surface area contributed by atoms with Crippen molar-refractivity contribution in [3.63, 3.8) is 0 Å². The lowest BCUT2D eigenvalue weighted by Gasteiger charge is -2.41. The molecule has 2 aromatic carbocycles. The molecule has 8 nitrogen and oxygen atoms in total. The van der Waals surface area contributed by atoms with Gasteiger partial charge in [-0.25, -0.2) is 0 Å². The van der Waals surface area contributed by atoms with E-state index in [1.165, 1.54) is 6.92 Å². The molecule has 0 amide bonds. The smallest absolute Gasteiger partial charge is 0.229 e. The van der Waals surface area contributed by atoms with Crippen LogP contribution in [-0.4, -0.2) is 68.9 Å². The standard InChI is InChI=1S/C24H32O8/c1-3-10-30-18-8-5-15(6-9-18)11-17-7-4-16(13-25)12-19(17)31-24-22(29)20(27)21(28)23(32-24)14(2)26/h4-9,12,14,20-29H,3,10-11,13H2,1-2H3/t14-,20+,21+,22-,23-,24-/m1/s1. The quantitative estimate of drug-likeness (QED) is 0.386. The Bertz CT molecular complexity index is 854. The molecular weight excluding hydrogens is 416 g/mol. The van der Waals surface area contributed by atoms with Gasteiger partial charge in [-0.05, 0) is 48.2 Å². The highest BCUT2D eigenvalue weighted by atomic mass is 16.7. The lowest BCUT2D eigenvalue weighted by Crippen LogP contribution is -2.61. The molecule has 1 heterocycles. The second-order valence-electron chi connectivity index (χ2n) is 8.07. The first-order chi connectivity index (χ1) is 15.3. The van der Waals surface area contributed by atoms with Gasteiger partial charge in [-0.15, -0.1) is 0 Å². The molecule has 0 aromatic heterocycles. The molecule has 5 N–H and O–H groups in total. The summed E-state index contributed by atoms with van der Waals surface area (Å²) in [4.78, 5) is 0. The van der Waals surface area contributed by atoms with Gasteiger partial charge in [0.25, 0.3) is 0 Å². The minimum absolute atomic E-state index is 0.203. The van der Waals surface area contributed by atoms with Crippen LogP contribution in [0.15, 0.2) is 42.5 Å². The highest BCUT2D eigenvalue weighted by Crippen LogP contribution is 2.30. The van der Waals surface area contributed by atoms with Crippen molar-refractivity contribution in [3.05, 3.63) is 59.2 Å². The third kappa shape index (κ3) is 5.78. The number of ether oxygens (including phenoxy) is 3. The van der Waals surface area contributed by atoms with Crippen molar-refractivity contribution in [3.8, 4) is 11.5 Å². The van der Waals surface area contributed by atoms with Gasteiger partial charge in [-0.1, -0.05) is 31.2 Å². The van der Waals surface area contributed by atoms with E-state index in [1.54, 1.807) is 12.1 Å². The maximum Gasteiger partial charge on any atom is 0.229 e. The first kappa shape index (κ1) is 24.4. The van der Waals surface area contributed by atoms with Crippen molar-refractivity contribution in [2.45, 2.75) is 70.1 Å². The fourth-order valence-electron chi connectivity index (χ4n) is 3.59. The van der Waals surface area contributed by atoms with Gasteiger partial charge in [0.15, 0.2) is 0 Å². The lowest BCUT2D eigenvalue weighted by atomic mass is 9.96. The Morgan fingerprint density at radius 1 is 0.969 bits per heavy atom. The molecule has 176 valence electrons. The van der Waals surface area contributed by atoms with E-state index in [4.69, 9.17) is 14.2 Å². The van der Waals surface area contributed by atoms with Crippen LogP contribution in [-0.2, 0) is 17.8 Å². The monoisotopic (exact) mass is 448 g/mol. The van der Waals surface area contributed by atoms with Crippen LogP contribution < -0.4 is 9.47 Å². The largest absolute Gasteiger partial charge is 0.494 e. The molecule has 0 bridgehead atoms. The van der Waals surface area contributed by atoms with Crippen LogP contribution in [0, 0.1) is 0 Å². The highest BCUT2D eigenvalue weighted by Gasteiger charge is 2.46. The molecular formula is C24H32O8. The first-order valence-corrected chi connectivity index (χ1v) is 10.8. The molecule has 8 heteroatoms. The second-order valence-corrected chi connectivity index (χ2v) is 8.07. The summed E-state index contributed by atoms with van der Waals surface area (Å²) in [7, 11) is 0. The number of hydrogen-bond donors (Lipinski definition) is 5. The van der Waals surface area contributed by atoms with E-state index in [2.05, 4.69) is 0 Å². The molecule has 0 radical (unpaired) electrons. The van der Waals surface area contributed by atoms with Crippen LogP contribution >= 0.6 is 0 Å². The Kier molecular flexibility index (Phi) is 8.47. The Morgan fingerprint density at radius 3 is 2.28 bits per heavy atom. The zero-order chi connectivity index (χ0) is 23.3. The van der Waals surface area contributed by atoms with Crippen molar-refractivity contribution in [1.82, 2.24) is 0 Å². The van der Waals surface area contributed by atoms with Crippen molar-refractivity contribution in [2.75, 3.05) is 6.61 Å². The van der Waals surface area contributed by atoms with Crippen molar-refractivity contribution >= 4 is 0 Å². The first-order valence-electron chi connectivity index (χ1n) is 10.8. The molecule has 32 heavy (non-hydrogen) atoms. The van der Waals surface area contributed by atoms with E-state index < -0.39 is 36.8 Å². The van der Waals surface area contributed by atoms with Crippen LogP contribution in [0.4, 0.5) is 0 Å². The van der Waals surface area contributed by atoms with E-state index >= 15 is 0 Å². The summed E-state index contributed by atoms with van der Waals surface area (Å²) in [6.45, 7) is 3.91. The Morgan fingerprint density at radius 2 is 1.66 bits per heavy atom. The molecule has 0 unspecified atom stereocenters. The highest BCUT2D eigenvalue weighted by molar-refractivity contribution is 5.41. The van der Waals surface area contributed by atoms with Gasteiger partial charge in [0.05, 0.1) is 19.3 Å². The molecule has 1 fully saturated rings. The van der Waals surface area contributed by atoms with Crippen LogP contribution in [0.3, 0.4) is 0 Å². The minimum Gasteiger partial charge on any atom is -0.494 e. The molecule has 0 saturated carbocycles. The fourth-order valence-corrected chi connectivity index (χ4v) is 3.59. The SMILES string of the molecule is CCCOc1ccc(Cc2ccc(CO)cc2O[C@@H]2O[C@H]([C@@H](C)O)[C@@H](O)[C@H](O)[C@H]2O)cc1. The van der Waals surface area contributed by atoms with Gasteiger partial charge in [0.1, 0.15) is 35.9 Å². The third-order valence-corrected chi connectivity index (χ3v) is 5.43. The summed E-state index contributed by atoms with van der Waals surface area (Å²) in [5.41, 5.74) is 2.37. The molecule has 1 aliphatic rings. The predicted molar refractivity (Wildman–Crippen MR) is 116 cm³/mol. The number of aliphatic hydroxyl groups is 5. The zero-order valence-electron chi connectivity index (χ0n) is 18.3. The summed E-state index contributed by atoms with van der Waals surface area (Å²) in [6.07, 6.45) is -6.63. The van der Waals surface area contributed by atoms with Gasteiger partial charge in [-0.3, -0.25) is 0 Å². The average Bonchev–Trinajstić information content (AvgIpc) is 2.79. The van der Waals surface area contributed by atoms with Gasteiger partial charge in [0, 0.05) is 6.42 Å². The summed E-state index contributed by atoms with van der Waals surface area (Å²) in [5.74, 6) is 1.15. The Labute approximate surface area is 187 Å². The Hall–Kier alpha value is -2.20. The second kappa shape index (κ2) is 11.1. The molecule has 0 aliphatic carbocycles. The van der Waals surface area contributed by atoms with Crippen LogP contribution in [0.25, 0.3) is 0 Å². The van der Waals surface area contributed by atoms with E-state index in [0.29, 0.717) is 24.3 Å². The zero-order valence-corrected chi connectivity index (χ0v) is 18.3. The number of aliphatic hydroxyl groups excluding tert-OH is 5. The van der Waals surface area contributed by atoms with Crippen molar-refractivity contribution in [2.24, 2.45) is 0 Å². The van der Waals surface area contributed by atoms with E-state index in [0.717, 1.165) is 23.3 Å². The van der Waals surface area contributed by atoms with Crippen LogP contribution in [0.2, 0.25) is 0 Å². The van der Waals surface area contributed by atoms with Crippen LogP contribution in [0.5, 0.6) is 11.5 Å². The van der Waals surface area contributed by atoms with E-state index in [9.17, 15) is 25.5 Å². The fraction of sp³-hybridized carbons (Fsp3) is 0.500. The molecule has 2 aromatic rings. The molecule has 1 saturated heterocycles. The molecule has 3 rings (SSSR count). The maximum absolute atomic E-state index is 10.4.